The minimum Gasteiger partial charge on any atom is -0.351 e. The van der Waals surface area contributed by atoms with Gasteiger partial charge in [-0.2, -0.15) is 13.2 Å². The van der Waals surface area contributed by atoms with Crippen molar-refractivity contribution in [2.45, 2.75) is 24.6 Å². The highest BCUT2D eigenvalue weighted by molar-refractivity contribution is 6.34. The van der Waals surface area contributed by atoms with Gasteiger partial charge in [-0.25, -0.2) is 4.79 Å². The van der Waals surface area contributed by atoms with Gasteiger partial charge in [0.15, 0.2) is 0 Å². The second-order valence-corrected chi connectivity index (χ2v) is 8.87. The molecule has 0 aromatic heterocycles. The largest absolute Gasteiger partial charge is 0.428 e. The Morgan fingerprint density at radius 3 is 2.34 bits per heavy atom. The van der Waals surface area contributed by atoms with Crippen molar-refractivity contribution in [1.29, 1.82) is 0 Å². The molecule has 2 aromatic rings. The Balaban J connectivity index is 1.50. The van der Waals surface area contributed by atoms with Crippen LogP contribution < -0.4 is 11.2 Å². The van der Waals surface area contributed by atoms with Crippen molar-refractivity contribution in [2.24, 2.45) is 11.7 Å². The zero-order valence-electron chi connectivity index (χ0n) is 16.8. The monoisotopic (exact) mass is 485 g/mol. The van der Waals surface area contributed by atoms with E-state index in [4.69, 9.17) is 33.8 Å². The molecule has 3 N–H and O–H groups in total. The Labute approximate surface area is 192 Å². The number of amides is 2. The third-order valence-corrected chi connectivity index (χ3v) is 6.19. The minimum absolute atomic E-state index is 0.0799. The third-order valence-electron chi connectivity index (χ3n) is 5.76. The van der Waals surface area contributed by atoms with Crippen LogP contribution in [-0.4, -0.2) is 30.2 Å². The van der Waals surface area contributed by atoms with E-state index >= 15 is 0 Å². The van der Waals surface area contributed by atoms with E-state index in [-0.39, 0.29) is 21.3 Å². The number of halogens is 5. The number of hydrogen-bond donors (Lipinski definition) is 2. The summed E-state index contributed by atoms with van der Waals surface area (Å²) in [5.41, 5.74) is 6.51. The maximum Gasteiger partial charge on any atom is 0.428 e. The summed E-state index contributed by atoms with van der Waals surface area (Å²) >= 11 is 11.9. The highest BCUT2D eigenvalue weighted by Gasteiger charge is 2.59. The van der Waals surface area contributed by atoms with Crippen LogP contribution in [0, 0.1) is 5.92 Å². The summed E-state index contributed by atoms with van der Waals surface area (Å²) in [7, 11) is 0. The van der Waals surface area contributed by atoms with Crippen molar-refractivity contribution >= 4 is 34.9 Å². The standard InChI is InChI=1S/C22H20Cl2F3N3O2/c23-17-7-16(8-18(24)9-17)21(22(25,26)27)10-19(29-32-21)15-5-3-13(4-6-15)1-2-14-11-30(12-14)20(28)31/h3-10,14,29H,1-2,11-12H2,(H2,28,31). The van der Waals surface area contributed by atoms with Crippen molar-refractivity contribution in [3.63, 3.8) is 0 Å². The molecule has 2 aliphatic rings. The molecule has 10 heteroatoms. The summed E-state index contributed by atoms with van der Waals surface area (Å²) in [5, 5.41) is 0.160. The normalized spacial score (nSPS) is 21.2. The van der Waals surface area contributed by atoms with E-state index in [1.165, 1.54) is 18.2 Å². The Morgan fingerprint density at radius 1 is 1.16 bits per heavy atom. The number of nitrogens with one attached hydrogen (secondary N) is 1. The average molecular weight is 486 g/mol. The van der Waals surface area contributed by atoms with E-state index in [1.807, 2.05) is 12.1 Å². The molecule has 2 aromatic carbocycles. The Morgan fingerprint density at radius 2 is 1.78 bits per heavy atom. The van der Waals surface area contributed by atoms with Crippen molar-refractivity contribution in [1.82, 2.24) is 10.4 Å². The van der Waals surface area contributed by atoms with Crippen LogP contribution in [0.3, 0.4) is 0 Å². The molecule has 0 radical (unpaired) electrons. The van der Waals surface area contributed by atoms with E-state index < -0.39 is 17.8 Å². The van der Waals surface area contributed by atoms with E-state index in [9.17, 15) is 18.0 Å². The molecule has 1 unspecified atom stereocenters. The third kappa shape index (κ3) is 4.40. The summed E-state index contributed by atoms with van der Waals surface area (Å²) in [6.07, 6.45) is -2.05. The number of rotatable bonds is 5. The summed E-state index contributed by atoms with van der Waals surface area (Å²) in [4.78, 5) is 17.7. The van der Waals surface area contributed by atoms with Crippen LogP contribution in [0.5, 0.6) is 0 Å². The summed E-state index contributed by atoms with van der Waals surface area (Å²) in [6.45, 7) is 1.32. The van der Waals surface area contributed by atoms with Crippen LogP contribution in [0.1, 0.15) is 23.1 Å². The highest BCUT2D eigenvalue weighted by Crippen LogP contribution is 2.48. The summed E-state index contributed by atoms with van der Waals surface area (Å²) in [6, 6.07) is 10.5. The molecule has 0 spiro atoms. The number of nitrogens with two attached hydrogens (primary N) is 1. The number of alkyl halides is 3. The van der Waals surface area contributed by atoms with Gasteiger partial charge in [0, 0.05) is 28.7 Å². The molecular weight excluding hydrogens is 466 g/mol. The van der Waals surface area contributed by atoms with Crippen molar-refractivity contribution in [2.75, 3.05) is 13.1 Å². The molecule has 1 atom stereocenters. The SMILES string of the molecule is NC(=O)N1CC(CCc2ccc(C3=CC(c4cc(Cl)cc(Cl)c4)(C(F)(F)F)ON3)cc2)C1. The molecule has 5 nitrogen and oxygen atoms in total. The first kappa shape index (κ1) is 22.8. The fourth-order valence-electron chi connectivity index (χ4n) is 3.91. The molecule has 0 bridgehead atoms. The van der Waals surface area contributed by atoms with Crippen molar-refractivity contribution < 1.29 is 22.8 Å². The Bertz CT molecular complexity index is 1030. The molecule has 0 saturated carbocycles. The van der Waals surface area contributed by atoms with Gasteiger partial charge in [-0.05, 0) is 54.2 Å². The maximum absolute atomic E-state index is 14.1. The van der Waals surface area contributed by atoms with Crippen LogP contribution >= 0.6 is 23.2 Å². The maximum atomic E-state index is 14.1. The van der Waals surface area contributed by atoms with Gasteiger partial charge in [-0.3, -0.25) is 10.3 Å². The van der Waals surface area contributed by atoms with E-state index in [0.29, 0.717) is 24.6 Å². The quantitative estimate of drug-likeness (QED) is 0.605. The Kier molecular flexibility index (Phi) is 6.04. The number of carbonyl (C=O) groups excluding carboxylic acids is 1. The number of primary amides is 1. The molecule has 1 saturated heterocycles. The predicted molar refractivity (Wildman–Crippen MR) is 116 cm³/mol. The molecule has 170 valence electrons. The number of nitrogens with zero attached hydrogens (tertiary/aromatic N) is 1. The van der Waals surface area contributed by atoms with Gasteiger partial charge in [0.2, 0.25) is 5.60 Å². The summed E-state index contributed by atoms with van der Waals surface area (Å²) < 4.78 is 42.2. The lowest BCUT2D eigenvalue weighted by atomic mass is 9.91. The van der Waals surface area contributed by atoms with Gasteiger partial charge in [-0.1, -0.05) is 47.5 Å². The van der Waals surface area contributed by atoms with Crippen LogP contribution in [-0.2, 0) is 16.9 Å². The Hall–Kier alpha value is -2.42. The minimum atomic E-state index is -4.75. The van der Waals surface area contributed by atoms with Crippen LogP contribution in [0.2, 0.25) is 10.0 Å². The fourth-order valence-corrected chi connectivity index (χ4v) is 4.43. The highest BCUT2D eigenvalue weighted by atomic mass is 35.5. The molecule has 2 aliphatic heterocycles. The fraction of sp³-hybridized carbons (Fsp3) is 0.318. The molecule has 4 rings (SSSR count). The van der Waals surface area contributed by atoms with Crippen LogP contribution in [0.15, 0.2) is 48.5 Å². The van der Waals surface area contributed by atoms with E-state index in [0.717, 1.165) is 24.5 Å². The van der Waals surface area contributed by atoms with Gasteiger partial charge in [0.1, 0.15) is 0 Å². The molecular formula is C22H20Cl2F3N3O2. The lowest BCUT2D eigenvalue weighted by Crippen LogP contribution is -2.52. The van der Waals surface area contributed by atoms with Gasteiger partial charge in [0.25, 0.3) is 0 Å². The number of likely N-dealkylation sites (tertiary alicyclic amines) is 1. The first-order valence-corrected chi connectivity index (χ1v) is 10.7. The number of aryl methyl sites for hydroxylation is 1. The number of urea groups is 1. The molecule has 2 heterocycles. The van der Waals surface area contributed by atoms with Gasteiger partial charge < -0.3 is 10.6 Å². The number of carbonyl (C=O) groups is 1. The van der Waals surface area contributed by atoms with Crippen molar-refractivity contribution in [3.05, 3.63) is 75.3 Å². The van der Waals surface area contributed by atoms with E-state index in [2.05, 4.69) is 5.48 Å². The number of hydrogen-bond acceptors (Lipinski definition) is 3. The zero-order valence-corrected chi connectivity index (χ0v) is 18.3. The predicted octanol–water partition coefficient (Wildman–Crippen LogP) is 5.27. The van der Waals surface area contributed by atoms with Gasteiger partial charge in [0.05, 0.1) is 5.70 Å². The first-order valence-electron chi connectivity index (χ1n) is 9.91. The lowest BCUT2D eigenvalue weighted by Gasteiger charge is -2.38. The first-order chi connectivity index (χ1) is 15.1. The molecule has 0 aliphatic carbocycles. The number of benzene rings is 2. The summed E-state index contributed by atoms with van der Waals surface area (Å²) in [5.74, 6) is 0.409. The number of hydroxylamine groups is 1. The molecule has 2 amide bonds. The topological polar surface area (TPSA) is 67.6 Å². The van der Waals surface area contributed by atoms with Gasteiger partial charge >= 0.3 is 12.2 Å². The van der Waals surface area contributed by atoms with Gasteiger partial charge in [-0.15, -0.1) is 0 Å². The van der Waals surface area contributed by atoms with E-state index in [1.54, 1.807) is 17.0 Å². The zero-order chi connectivity index (χ0) is 23.1. The molecule has 1 fully saturated rings. The second-order valence-electron chi connectivity index (χ2n) is 8.00. The second kappa shape index (κ2) is 8.50. The van der Waals surface area contributed by atoms with Crippen LogP contribution in [0.25, 0.3) is 5.70 Å². The lowest BCUT2D eigenvalue weighted by molar-refractivity contribution is -0.269. The smallest absolute Gasteiger partial charge is 0.351 e. The van der Waals surface area contributed by atoms with Crippen molar-refractivity contribution in [3.8, 4) is 0 Å². The molecule has 32 heavy (non-hydrogen) atoms. The average Bonchev–Trinajstić information content (AvgIpc) is 3.13. The van der Waals surface area contributed by atoms with Crippen LogP contribution in [0.4, 0.5) is 18.0 Å².